The van der Waals surface area contributed by atoms with Crippen molar-refractivity contribution in [2.45, 2.75) is 43.8 Å². The molecule has 1 fully saturated rings. The number of phenols is 2. The SMILES string of the molecule is C[C@H](O/N=C(\C(=O)N[C@@H]1C(=O)N2C(C(=O)[O-])=C(C[n+]3cccc4c3CCCN4C(=O)c3ccc(O)c(O)c3Cl)CS[C@H]12)c1nc(N)sc1Cl)C(=O)N=O. The maximum Gasteiger partial charge on any atom is 0.329 e. The second-order valence-corrected chi connectivity index (χ2v) is 14.8. The average molecular weight is 806 g/mol. The number of pyridine rings is 1. The molecule has 1 aromatic carbocycles. The minimum atomic E-state index is -1.62. The van der Waals surface area contributed by atoms with Gasteiger partial charge in [-0.2, -0.15) is 4.57 Å². The molecule has 3 aliphatic rings. The van der Waals surface area contributed by atoms with Crippen molar-refractivity contribution in [2.75, 3.05) is 22.9 Å². The summed E-state index contributed by atoms with van der Waals surface area (Å²) in [5, 5.41) is 39.6. The minimum Gasteiger partial charge on any atom is -0.543 e. The van der Waals surface area contributed by atoms with Crippen LogP contribution in [0.4, 0.5) is 10.8 Å². The number of nitrogens with two attached hydrogens (primary N) is 1. The van der Waals surface area contributed by atoms with Crippen molar-refractivity contribution in [3.05, 3.63) is 72.9 Å². The summed E-state index contributed by atoms with van der Waals surface area (Å²) in [6, 6.07) is 4.63. The van der Waals surface area contributed by atoms with E-state index in [0.717, 1.165) is 29.2 Å². The summed E-state index contributed by atoms with van der Waals surface area (Å²) < 4.78 is 1.70. The van der Waals surface area contributed by atoms with Crippen LogP contribution in [0.3, 0.4) is 0 Å². The Hall–Kier alpha value is -5.31. The number of thiazole rings is 1. The fraction of sp³-hybridized carbons (Fsp3) is 0.290. The number of carboxylic acid groups (broad SMARTS) is 1. The van der Waals surface area contributed by atoms with Crippen molar-refractivity contribution in [1.82, 2.24) is 15.2 Å². The highest BCUT2D eigenvalue weighted by atomic mass is 35.5. The first kappa shape index (κ1) is 37.4. The number of halogens is 2. The number of nitroso groups, excluding NO2 is 1. The van der Waals surface area contributed by atoms with Crippen molar-refractivity contribution in [3.63, 3.8) is 0 Å². The minimum absolute atomic E-state index is 0.0141. The summed E-state index contributed by atoms with van der Waals surface area (Å²) in [7, 11) is 0. The molecule has 6 rings (SSSR count). The molecule has 0 saturated carbocycles. The molecule has 0 radical (unpaired) electrons. The van der Waals surface area contributed by atoms with Crippen molar-refractivity contribution in [3.8, 4) is 11.5 Å². The van der Waals surface area contributed by atoms with E-state index in [-0.39, 0.29) is 43.7 Å². The van der Waals surface area contributed by atoms with Gasteiger partial charge in [0.05, 0.1) is 22.3 Å². The van der Waals surface area contributed by atoms with Gasteiger partial charge in [-0.1, -0.05) is 39.7 Å². The van der Waals surface area contributed by atoms with Crippen molar-refractivity contribution in [1.29, 1.82) is 0 Å². The van der Waals surface area contributed by atoms with E-state index in [4.69, 9.17) is 33.8 Å². The number of amides is 4. The number of carbonyl (C=O) groups excluding carboxylic acids is 5. The Kier molecular flexibility index (Phi) is 10.6. The third-order valence-corrected chi connectivity index (χ3v) is 11.3. The number of oxime groups is 1. The van der Waals surface area contributed by atoms with E-state index in [9.17, 15) is 44.2 Å². The van der Waals surface area contributed by atoms with Crippen LogP contribution in [0.25, 0.3) is 0 Å². The summed E-state index contributed by atoms with van der Waals surface area (Å²) in [6.45, 7) is 1.50. The van der Waals surface area contributed by atoms with Gasteiger partial charge in [-0.05, 0) is 31.5 Å². The van der Waals surface area contributed by atoms with Crippen LogP contribution in [0, 0.1) is 4.91 Å². The zero-order valence-corrected chi connectivity index (χ0v) is 30.3. The molecule has 0 aliphatic carbocycles. The first-order chi connectivity index (χ1) is 25.2. The number of benzene rings is 1. The topological polar surface area (TPSA) is 261 Å². The molecular formula is C31H26Cl2N8O10S2. The number of anilines is 2. The molecule has 3 aromatic rings. The van der Waals surface area contributed by atoms with Crippen LogP contribution in [-0.4, -0.2) is 85.2 Å². The van der Waals surface area contributed by atoms with E-state index >= 15 is 0 Å². The van der Waals surface area contributed by atoms with Gasteiger partial charge in [-0.3, -0.25) is 24.1 Å². The summed E-state index contributed by atoms with van der Waals surface area (Å²) in [5.74, 6) is -6.12. The molecule has 5 N–H and O–H groups in total. The average Bonchev–Trinajstić information content (AvgIpc) is 3.48. The lowest BCUT2D eigenvalue weighted by molar-refractivity contribution is -0.696. The second-order valence-electron chi connectivity index (χ2n) is 11.7. The van der Waals surface area contributed by atoms with E-state index < -0.39 is 64.3 Å². The maximum atomic E-state index is 13.6. The predicted molar refractivity (Wildman–Crippen MR) is 188 cm³/mol. The predicted octanol–water partition coefficient (Wildman–Crippen LogP) is 0.830. The second kappa shape index (κ2) is 15.0. The highest BCUT2D eigenvalue weighted by molar-refractivity contribution is 8.00. The van der Waals surface area contributed by atoms with Crippen LogP contribution in [0.1, 0.15) is 35.1 Å². The van der Waals surface area contributed by atoms with Crippen molar-refractivity contribution < 1.29 is 48.7 Å². The van der Waals surface area contributed by atoms with Gasteiger partial charge in [0, 0.05) is 35.5 Å². The fourth-order valence-corrected chi connectivity index (χ4v) is 8.46. The lowest BCUT2D eigenvalue weighted by atomic mass is 10.0. The standard InChI is InChI=1S/C31H26Cl2N8O10S2/c1-12(25(44)37-50)51-38-20(19-24(33)53-31(34)36-19)26(45)35-21-28(47)41-22(30(48)49)13(11-52-29(21)41)10-39-8-2-5-16-15(39)4-3-9-40(16)27(46)14-6-7-17(42)23(43)18(14)32/h2,5-8,12,21,29H,3-4,9-11H2,1H3,(H5-,34,35,36,37,38,42,43,44,45,46,48,49,50)/t12-,21+,29+/m0/s1. The van der Waals surface area contributed by atoms with E-state index in [0.29, 0.717) is 36.3 Å². The number of aromatic hydroxyl groups is 2. The highest BCUT2D eigenvalue weighted by Crippen LogP contribution is 2.41. The lowest BCUT2D eigenvalue weighted by Crippen LogP contribution is -2.71. The molecule has 1 saturated heterocycles. The van der Waals surface area contributed by atoms with Crippen molar-refractivity contribution in [2.24, 2.45) is 10.3 Å². The first-order valence-electron chi connectivity index (χ1n) is 15.5. The molecule has 3 atom stereocenters. The largest absolute Gasteiger partial charge is 0.543 e. The van der Waals surface area contributed by atoms with Gasteiger partial charge in [0.1, 0.15) is 27.1 Å². The lowest BCUT2D eigenvalue weighted by Gasteiger charge is -2.50. The van der Waals surface area contributed by atoms with Gasteiger partial charge >= 0.3 is 5.91 Å². The summed E-state index contributed by atoms with van der Waals surface area (Å²) >= 11 is 14.4. The molecule has 5 heterocycles. The van der Waals surface area contributed by atoms with Crippen LogP contribution in [0.15, 0.2) is 52.1 Å². The Bertz CT molecular complexity index is 2160. The van der Waals surface area contributed by atoms with Crippen LogP contribution < -0.4 is 25.6 Å². The molecule has 4 amide bonds. The number of nitrogens with zero attached hydrogens (tertiary/aromatic N) is 6. The summed E-state index contributed by atoms with van der Waals surface area (Å²) in [6.07, 6.45) is 1.30. The molecule has 276 valence electrons. The van der Waals surface area contributed by atoms with Crippen LogP contribution in [-0.2, 0) is 37.0 Å². The Morgan fingerprint density at radius 3 is 2.68 bits per heavy atom. The number of aliphatic carboxylic acids is 1. The number of hydrogen-bond acceptors (Lipinski definition) is 15. The number of carboxylic acids is 1. The number of aromatic nitrogens is 2. The zero-order chi connectivity index (χ0) is 38.3. The molecule has 2 aromatic heterocycles. The molecule has 22 heteroatoms. The number of fused-ring (bicyclic) bond motifs is 2. The quantitative estimate of drug-likeness (QED) is 0.0554. The number of β-lactam (4-membered cyclic amide) rings is 1. The number of rotatable bonds is 10. The number of nitrogens with one attached hydrogen (secondary N) is 1. The number of nitrogen functional groups attached to an aromatic ring is 1. The Morgan fingerprint density at radius 2 is 2.00 bits per heavy atom. The molecule has 0 unspecified atom stereocenters. The normalized spacial score (nSPS) is 18.8. The van der Waals surface area contributed by atoms with Crippen molar-refractivity contribution >= 4 is 92.4 Å². The smallest absolute Gasteiger partial charge is 0.329 e. The van der Waals surface area contributed by atoms with Crippen LogP contribution >= 0.6 is 46.3 Å². The Labute approximate surface area is 316 Å². The molecule has 18 nitrogen and oxygen atoms in total. The van der Waals surface area contributed by atoms with Gasteiger partial charge in [-0.15, -0.1) is 16.7 Å². The summed E-state index contributed by atoms with van der Waals surface area (Å²) in [5.41, 5.74) is 6.08. The highest BCUT2D eigenvalue weighted by Gasteiger charge is 2.53. The van der Waals surface area contributed by atoms with Gasteiger partial charge in [0.2, 0.25) is 11.8 Å². The van der Waals surface area contributed by atoms with Gasteiger partial charge in [0.15, 0.2) is 35.1 Å². The Balaban J connectivity index is 1.24. The number of hydrogen-bond donors (Lipinski definition) is 4. The molecular weight excluding hydrogens is 779 g/mol. The van der Waals surface area contributed by atoms with Crippen LogP contribution in [0.2, 0.25) is 9.36 Å². The van der Waals surface area contributed by atoms with E-state index in [1.165, 1.54) is 22.7 Å². The van der Waals surface area contributed by atoms with E-state index in [1.54, 1.807) is 22.9 Å². The maximum absolute atomic E-state index is 13.6. The fourth-order valence-electron chi connectivity index (χ4n) is 5.95. The third kappa shape index (κ3) is 6.97. The third-order valence-electron chi connectivity index (χ3n) is 8.49. The molecule has 0 spiro atoms. The first-order valence-corrected chi connectivity index (χ1v) is 18.1. The Morgan fingerprint density at radius 1 is 1.25 bits per heavy atom. The molecule has 0 bridgehead atoms. The van der Waals surface area contributed by atoms with Gasteiger partial charge < -0.3 is 40.9 Å². The van der Waals surface area contributed by atoms with Gasteiger partial charge in [0.25, 0.3) is 17.7 Å². The number of carbonyl (C=O) groups is 5. The van der Waals surface area contributed by atoms with Gasteiger partial charge in [-0.25, -0.2) is 4.98 Å². The zero-order valence-electron chi connectivity index (χ0n) is 27.1. The van der Waals surface area contributed by atoms with E-state index in [1.807, 2.05) is 0 Å². The van der Waals surface area contributed by atoms with E-state index in [2.05, 4.69) is 20.6 Å². The monoisotopic (exact) mass is 804 g/mol. The molecule has 53 heavy (non-hydrogen) atoms. The molecule has 3 aliphatic heterocycles. The summed E-state index contributed by atoms with van der Waals surface area (Å²) in [4.78, 5) is 86.7. The number of phenolic OH excluding ortho intramolecular Hbond substituents is 2. The van der Waals surface area contributed by atoms with Crippen LogP contribution in [0.5, 0.6) is 11.5 Å². The number of thioether (sulfide) groups is 1.